The van der Waals surface area contributed by atoms with E-state index < -0.39 is 0 Å². The van der Waals surface area contributed by atoms with E-state index in [0.29, 0.717) is 11.5 Å². The molecular formula is C12H17FN2. The van der Waals surface area contributed by atoms with Crippen molar-refractivity contribution in [3.05, 3.63) is 29.6 Å². The first-order valence-electron chi connectivity index (χ1n) is 4.91. The number of hydrogen-bond donors (Lipinski definition) is 1. The molecule has 0 amide bonds. The summed E-state index contributed by atoms with van der Waals surface area (Å²) >= 11 is 0. The molecule has 0 aliphatic carbocycles. The van der Waals surface area contributed by atoms with E-state index >= 15 is 0 Å². The van der Waals surface area contributed by atoms with E-state index in [0.717, 1.165) is 5.56 Å². The molecule has 3 heteroatoms. The van der Waals surface area contributed by atoms with E-state index in [9.17, 15) is 4.39 Å². The maximum absolute atomic E-state index is 13.1. The highest BCUT2D eigenvalue weighted by Gasteiger charge is 2.15. The fraction of sp³-hybridized carbons (Fsp3) is 0.417. The molecule has 1 aromatic carbocycles. The summed E-state index contributed by atoms with van der Waals surface area (Å²) in [5, 5.41) is 0. The van der Waals surface area contributed by atoms with Crippen molar-refractivity contribution in [2.45, 2.75) is 27.7 Å². The normalized spacial score (nSPS) is 13.0. The van der Waals surface area contributed by atoms with Crippen LogP contribution < -0.4 is 5.73 Å². The van der Waals surface area contributed by atoms with Crippen molar-refractivity contribution in [2.24, 2.45) is 16.1 Å². The molecule has 0 aliphatic rings. The largest absolute Gasteiger partial charge is 0.387 e. The van der Waals surface area contributed by atoms with Gasteiger partial charge in [-0.3, -0.25) is 0 Å². The minimum absolute atomic E-state index is 0.194. The number of rotatable bonds is 1. The summed E-state index contributed by atoms with van der Waals surface area (Å²) in [5.41, 5.74) is 7.03. The van der Waals surface area contributed by atoms with E-state index in [-0.39, 0.29) is 11.2 Å². The first-order valence-corrected chi connectivity index (χ1v) is 4.91. The highest BCUT2D eigenvalue weighted by Crippen LogP contribution is 2.20. The Kier molecular flexibility index (Phi) is 3.12. The van der Waals surface area contributed by atoms with Crippen LogP contribution in [0.25, 0.3) is 0 Å². The molecule has 1 rings (SSSR count). The lowest BCUT2D eigenvalue weighted by Gasteiger charge is -2.17. The number of amidine groups is 1. The summed E-state index contributed by atoms with van der Waals surface area (Å²) in [6, 6.07) is 4.65. The summed E-state index contributed by atoms with van der Waals surface area (Å²) in [4.78, 5) is 4.21. The van der Waals surface area contributed by atoms with Crippen LogP contribution in [0.2, 0.25) is 0 Å². The van der Waals surface area contributed by atoms with Gasteiger partial charge in [-0.15, -0.1) is 0 Å². The van der Waals surface area contributed by atoms with Gasteiger partial charge in [0.2, 0.25) is 0 Å². The van der Waals surface area contributed by atoms with Crippen LogP contribution in [0, 0.1) is 18.2 Å². The zero-order valence-electron chi connectivity index (χ0n) is 9.63. The van der Waals surface area contributed by atoms with Crippen LogP contribution in [0.3, 0.4) is 0 Å². The summed E-state index contributed by atoms with van der Waals surface area (Å²) < 4.78 is 13.1. The SMILES string of the molecule is Cc1cc(F)cc(N=C(N)C(C)(C)C)c1. The standard InChI is InChI=1S/C12H17FN2/c1-8-5-9(13)7-10(6-8)15-11(14)12(2,3)4/h5-7H,1-4H3,(H2,14,15). The van der Waals surface area contributed by atoms with Crippen LogP contribution in [0.1, 0.15) is 26.3 Å². The van der Waals surface area contributed by atoms with E-state index in [4.69, 9.17) is 5.73 Å². The van der Waals surface area contributed by atoms with Gasteiger partial charge < -0.3 is 5.73 Å². The van der Waals surface area contributed by atoms with Gasteiger partial charge in [-0.2, -0.15) is 0 Å². The summed E-state index contributed by atoms with van der Waals surface area (Å²) in [6.45, 7) is 7.74. The molecule has 0 saturated heterocycles. The number of nitrogens with two attached hydrogens (primary N) is 1. The van der Waals surface area contributed by atoms with Crippen molar-refractivity contribution in [3.8, 4) is 0 Å². The average Bonchev–Trinajstić information content (AvgIpc) is 1.99. The third kappa shape index (κ3) is 3.35. The molecule has 0 atom stereocenters. The van der Waals surface area contributed by atoms with Crippen LogP contribution in [-0.4, -0.2) is 5.84 Å². The Balaban J connectivity index is 3.08. The summed E-state index contributed by atoms with van der Waals surface area (Å²) in [6.07, 6.45) is 0. The molecule has 0 radical (unpaired) electrons. The minimum atomic E-state index is -0.282. The van der Waals surface area contributed by atoms with Gasteiger partial charge in [-0.25, -0.2) is 9.38 Å². The molecule has 0 heterocycles. The Morgan fingerprint density at radius 3 is 2.33 bits per heavy atom. The number of aliphatic imine (C=N–C) groups is 1. The molecule has 2 nitrogen and oxygen atoms in total. The van der Waals surface area contributed by atoms with Gasteiger partial charge in [0.05, 0.1) is 5.69 Å². The van der Waals surface area contributed by atoms with Crippen molar-refractivity contribution in [1.82, 2.24) is 0 Å². The van der Waals surface area contributed by atoms with E-state index in [1.807, 2.05) is 33.8 Å². The predicted octanol–water partition coefficient (Wildman–Crippen LogP) is 3.17. The Morgan fingerprint density at radius 2 is 1.87 bits per heavy atom. The van der Waals surface area contributed by atoms with Gasteiger partial charge in [-0.05, 0) is 30.7 Å². The Morgan fingerprint density at radius 1 is 1.27 bits per heavy atom. The van der Waals surface area contributed by atoms with E-state index in [2.05, 4.69) is 4.99 Å². The van der Waals surface area contributed by atoms with Crippen molar-refractivity contribution < 1.29 is 4.39 Å². The first-order chi connectivity index (χ1) is 6.79. The second-order valence-corrected chi connectivity index (χ2v) is 4.73. The molecule has 0 aliphatic heterocycles. The fourth-order valence-corrected chi connectivity index (χ4v) is 1.09. The quantitative estimate of drug-likeness (QED) is 0.558. The molecule has 2 N–H and O–H groups in total. The minimum Gasteiger partial charge on any atom is -0.387 e. The first kappa shape index (κ1) is 11.7. The van der Waals surface area contributed by atoms with Gasteiger partial charge in [0.25, 0.3) is 0 Å². The highest BCUT2D eigenvalue weighted by molar-refractivity contribution is 5.87. The molecule has 0 saturated carbocycles. The van der Waals surface area contributed by atoms with Crippen LogP contribution in [-0.2, 0) is 0 Å². The molecule has 0 aromatic heterocycles. The lowest BCUT2D eigenvalue weighted by molar-refractivity contribution is 0.585. The van der Waals surface area contributed by atoms with E-state index in [1.165, 1.54) is 12.1 Å². The van der Waals surface area contributed by atoms with Crippen LogP contribution in [0.4, 0.5) is 10.1 Å². The number of nitrogens with zero attached hydrogens (tertiary/aromatic N) is 1. The van der Waals surface area contributed by atoms with Gasteiger partial charge in [0.15, 0.2) is 0 Å². The molecule has 0 fully saturated rings. The molecule has 0 spiro atoms. The highest BCUT2D eigenvalue weighted by atomic mass is 19.1. The van der Waals surface area contributed by atoms with Crippen LogP contribution in [0.15, 0.2) is 23.2 Å². The Hall–Kier alpha value is -1.38. The third-order valence-corrected chi connectivity index (χ3v) is 2.04. The fourth-order valence-electron chi connectivity index (χ4n) is 1.09. The monoisotopic (exact) mass is 208 g/mol. The number of hydrogen-bond acceptors (Lipinski definition) is 1. The van der Waals surface area contributed by atoms with Crippen molar-refractivity contribution in [3.63, 3.8) is 0 Å². The number of aryl methyl sites for hydroxylation is 1. The van der Waals surface area contributed by atoms with Gasteiger partial charge in [0, 0.05) is 5.41 Å². The van der Waals surface area contributed by atoms with Gasteiger partial charge in [-0.1, -0.05) is 20.8 Å². The second-order valence-electron chi connectivity index (χ2n) is 4.73. The van der Waals surface area contributed by atoms with Crippen molar-refractivity contribution in [2.75, 3.05) is 0 Å². The van der Waals surface area contributed by atoms with Gasteiger partial charge in [0.1, 0.15) is 11.7 Å². The average molecular weight is 208 g/mol. The smallest absolute Gasteiger partial charge is 0.125 e. The summed E-state index contributed by atoms with van der Waals surface area (Å²) in [7, 11) is 0. The summed E-state index contributed by atoms with van der Waals surface area (Å²) in [5.74, 6) is 0.225. The Labute approximate surface area is 90.0 Å². The molecule has 1 aromatic rings. The van der Waals surface area contributed by atoms with Gasteiger partial charge >= 0.3 is 0 Å². The number of benzene rings is 1. The van der Waals surface area contributed by atoms with E-state index in [1.54, 1.807) is 0 Å². The molecule has 0 unspecified atom stereocenters. The maximum atomic E-state index is 13.1. The third-order valence-electron chi connectivity index (χ3n) is 2.04. The lowest BCUT2D eigenvalue weighted by atomic mass is 9.95. The lowest BCUT2D eigenvalue weighted by Crippen LogP contribution is -2.28. The van der Waals surface area contributed by atoms with Crippen molar-refractivity contribution >= 4 is 11.5 Å². The molecule has 0 bridgehead atoms. The number of halogens is 1. The zero-order valence-corrected chi connectivity index (χ0v) is 9.63. The maximum Gasteiger partial charge on any atom is 0.125 e. The van der Waals surface area contributed by atoms with Crippen molar-refractivity contribution in [1.29, 1.82) is 0 Å². The second kappa shape index (κ2) is 4.01. The predicted molar refractivity (Wildman–Crippen MR) is 61.9 cm³/mol. The molecule has 82 valence electrons. The zero-order chi connectivity index (χ0) is 11.6. The van der Waals surface area contributed by atoms with Crippen LogP contribution >= 0.6 is 0 Å². The molecular weight excluding hydrogens is 191 g/mol. The Bertz CT molecular complexity index is 369. The topological polar surface area (TPSA) is 38.4 Å². The van der Waals surface area contributed by atoms with Crippen LogP contribution in [0.5, 0.6) is 0 Å². The molecule has 15 heavy (non-hydrogen) atoms.